The molecule has 1 heterocycles. The number of aliphatic hydroxyl groups is 2. The zero-order valence-electron chi connectivity index (χ0n) is 11.3. The molecular weight excluding hydrogens is 244 g/mol. The van der Waals surface area contributed by atoms with Crippen LogP contribution in [0.3, 0.4) is 0 Å². The first-order valence-electron chi connectivity index (χ1n) is 6.57. The lowest BCUT2D eigenvalue weighted by molar-refractivity contribution is 0.0345. The molecule has 0 aliphatic carbocycles. The van der Waals surface area contributed by atoms with Crippen molar-refractivity contribution >= 4 is 5.78 Å². The number of benzene rings is 1. The summed E-state index contributed by atoms with van der Waals surface area (Å²) in [5, 5.41) is 19.0. The minimum absolute atomic E-state index is 0.229. The van der Waals surface area contributed by atoms with E-state index in [1.54, 1.807) is 6.07 Å². The second-order valence-corrected chi connectivity index (χ2v) is 5.43. The molecule has 2 N–H and O–H groups in total. The van der Waals surface area contributed by atoms with Crippen molar-refractivity contribution in [2.24, 2.45) is 5.41 Å². The van der Waals surface area contributed by atoms with Gasteiger partial charge in [-0.2, -0.15) is 0 Å². The van der Waals surface area contributed by atoms with E-state index in [9.17, 15) is 15.0 Å². The third-order valence-corrected chi connectivity index (χ3v) is 3.84. The van der Waals surface area contributed by atoms with Crippen molar-refractivity contribution in [1.29, 1.82) is 0 Å². The van der Waals surface area contributed by atoms with Crippen molar-refractivity contribution in [3.05, 3.63) is 29.3 Å². The first-order chi connectivity index (χ1) is 9.04. The average molecular weight is 264 g/mol. The van der Waals surface area contributed by atoms with Gasteiger partial charge in [0.15, 0.2) is 5.78 Å². The summed E-state index contributed by atoms with van der Waals surface area (Å²) in [6.45, 7) is 3.69. The lowest BCUT2D eigenvalue weighted by Crippen LogP contribution is -2.38. The van der Waals surface area contributed by atoms with Gasteiger partial charge in [-0.3, -0.25) is 4.79 Å². The number of fused-ring (bicyclic) bond motifs is 1. The molecule has 0 atom stereocenters. The second kappa shape index (κ2) is 5.31. The fraction of sp³-hybridized carbons (Fsp3) is 0.533. The molecule has 0 saturated carbocycles. The summed E-state index contributed by atoms with van der Waals surface area (Å²) in [7, 11) is 0. The van der Waals surface area contributed by atoms with E-state index in [1.165, 1.54) is 0 Å². The molecule has 0 amide bonds. The number of hydrogen-bond donors (Lipinski definition) is 2. The van der Waals surface area contributed by atoms with Crippen LogP contribution < -0.4 is 4.74 Å². The van der Waals surface area contributed by atoms with E-state index in [4.69, 9.17) is 4.74 Å². The number of aliphatic hydroxyl groups excluding tert-OH is 2. The van der Waals surface area contributed by atoms with Crippen LogP contribution in [-0.4, -0.2) is 35.8 Å². The minimum Gasteiger partial charge on any atom is -0.493 e. The maximum Gasteiger partial charge on any atom is 0.177 e. The van der Waals surface area contributed by atoms with Crippen LogP contribution in [0.2, 0.25) is 0 Å². The van der Waals surface area contributed by atoms with Crippen LogP contribution in [0.15, 0.2) is 18.2 Å². The largest absolute Gasteiger partial charge is 0.493 e. The molecule has 0 aromatic heterocycles. The zero-order valence-corrected chi connectivity index (χ0v) is 11.3. The summed E-state index contributed by atoms with van der Waals surface area (Å²) >= 11 is 0. The van der Waals surface area contributed by atoms with E-state index in [-0.39, 0.29) is 19.0 Å². The molecule has 4 heteroatoms. The van der Waals surface area contributed by atoms with Crippen molar-refractivity contribution in [2.45, 2.75) is 26.2 Å². The molecule has 0 unspecified atom stereocenters. The third-order valence-electron chi connectivity index (χ3n) is 3.84. The van der Waals surface area contributed by atoms with Gasteiger partial charge in [0.2, 0.25) is 0 Å². The first kappa shape index (κ1) is 14.0. The highest BCUT2D eigenvalue weighted by atomic mass is 16.5. The molecule has 0 saturated heterocycles. The topological polar surface area (TPSA) is 66.8 Å². The summed E-state index contributed by atoms with van der Waals surface area (Å²) in [6.07, 6.45) is 0.324. The number of carbonyl (C=O) groups is 1. The lowest BCUT2D eigenvalue weighted by atomic mass is 9.79. The molecule has 1 aliphatic heterocycles. The molecule has 0 radical (unpaired) electrons. The number of carbonyl (C=O) groups excluding carboxylic acids is 1. The van der Waals surface area contributed by atoms with Gasteiger partial charge in [0.1, 0.15) is 5.75 Å². The Morgan fingerprint density at radius 3 is 2.58 bits per heavy atom. The van der Waals surface area contributed by atoms with E-state index in [2.05, 4.69) is 13.8 Å². The summed E-state index contributed by atoms with van der Waals surface area (Å²) in [5.74, 6) is 0.615. The Hall–Kier alpha value is -1.39. The Kier molecular flexibility index (Phi) is 3.92. The van der Waals surface area contributed by atoms with Crippen LogP contribution in [0, 0.1) is 5.41 Å². The molecule has 1 aliphatic rings. The van der Waals surface area contributed by atoms with Gasteiger partial charge in [-0.1, -0.05) is 19.9 Å². The van der Waals surface area contributed by atoms with Gasteiger partial charge >= 0.3 is 0 Å². The highest BCUT2D eigenvalue weighted by Crippen LogP contribution is 2.35. The average Bonchev–Trinajstić information content (AvgIpc) is 2.56. The van der Waals surface area contributed by atoms with Crippen LogP contribution in [0.25, 0.3) is 0 Å². The second-order valence-electron chi connectivity index (χ2n) is 5.43. The van der Waals surface area contributed by atoms with E-state index >= 15 is 0 Å². The molecule has 0 fully saturated rings. The Morgan fingerprint density at radius 2 is 2.00 bits per heavy atom. The summed E-state index contributed by atoms with van der Waals surface area (Å²) in [6, 6.07) is 5.56. The lowest BCUT2D eigenvalue weighted by Gasteiger charge is -2.25. The maximum atomic E-state index is 12.6. The Morgan fingerprint density at radius 1 is 1.32 bits per heavy atom. The summed E-state index contributed by atoms with van der Waals surface area (Å²) in [5.41, 5.74) is 0.384. The smallest absolute Gasteiger partial charge is 0.177 e. The van der Waals surface area contributed by atoms with Crippen LogP contribution in [0.1, 0.15) is 42.1 Å². The number of Topliss-reactive ketones (excluding diaryl/α,β-unsaturated/α-hetero) is 1. The number of ether oxygens (including phenoxy) is 1. The van der Waals surface area contributed by atoms with E-state index in [1.807, 2.05) is 12.1 Å². The van der Waals surface area contributed by atoms with E-state index in [0.717, 1.165) is 5.56 Å². The molecule has 1 aromatic rings. The van der Waals surface area contributed by atoms with Gasteiger partial charge in [-0.25, -0.2) is 0 Å². The summed E-state index contributed by atoms with van der Waals surface area (Å²) in [4.78, 5) is 12.6. The molecule has 4 nitrogen and oxygen atoms in total. The van der Waals surface area contributed by atoms with Crippen molar-refractivity contribution < 1.29 is 19.7 Å². The Labute approximate surface area is 113 Å². The molecular formula is C15H20O4. The van der Waals surface area contributed by atoms with Gasteiger partial charge in [-0.15, -0.1) is 0 Å². The van der Waals surface area contributed by atoms with Crippen molar-refractivity contribution in [1.82, 2.24) is 0 Å². The predicted octanol–water partition coefficient (Wildman–Crippen LogP) is 1.75. The van der Waals surface area contributed by atoms with Gasteiger partial charge < -0.3 is 14.9 Å². The van der Waals surface area contributed by atoms with Crippen LogP contribution in [0.5, 0.6) is 5.75 Å². The number of rotatable bonds is 3. The molecule has 0 spiro atoms. The van der Waals surface area contributed by atoms with Crippen molar-refractivity contribution in [3.8, 4) is 5.75 Å². The fourth-order valence-electron chi connectivity index (χ4n) is 2.32. The van der Waals surface area contributed by atoms with E-state index in [0.29, 0.717) is 30.3 Å². The normalized spacial score (nSPS) is 17.8. The molecule has 1 aromatic carbocycles. The third kappa shape index (κ3) is 2.38. The Balaban J connectivity index is 2.51. The quantitative estimate of drug-likeness (QED) is 0.872. The van der Waals surface area contributed by atoms with Gasteiger partial charge in [0.05, 0.1) is 30.8 Å². The Bertz CT molecular complexity index is 475. The SMILES string of the molecule is CC(C)c1ccc2c(c1)C(=O)C(CO)(CO)CCO2. The van der Waals surface area contributed by atoms with Crippen molar-refractivity contribution in [3.63, 3.8) is 0 Å². The molecule has 104 valence electrons. The summed E-state index contributed by atoms with van der Waals surface area (Å²) < 4.78 is 5.57. The highest BCUT2D eigenvalue weighted by molar-refractivity contribution is 6.03. The van der Waals surface area contributed by atoms with Crippen molar-refractivity contribution in [2.75, 3.05) is 19.8 Å². The zero-order chi connectivity index (χ0) is 14.0. The van der Waals surface area contributed by atoms with Gasteiger partial charge in [0, 0.05) is 0 Å². The highest BCUT2D eigenvalue weighted by Gasteiger charge is 2.41. The predicted molar refractivity (Wildman–Crippen MR) is 71.6 cm³/mol. The van der Waals surface area contributed by atoms with Crippen LogP contribution >= 0.6 is 0 Å². The first-order valence-corrected chi connectivity index (χ1v) is 6.57. The van der Waals surface area contributed by atoms with Gasteiger partial charge in [0.25, 0.3) is 0 Å². The molecule has 19 heavy (non-hydrogen) atoms. The number of ketones is 1. The maximum absolute atomic E-state index is 12.6. The standard InChI is InChI=1S/C15H20O4/c1-10(2)11-3-4-13-12(7-11)14(18)15(8-16,9-17)5-6-19-13/h3-4,7,10,16-17H,5-6,8-9H2,1-2H3. The molecule has 0 bridgehead atoms. The van der Waals surface area contributed by atoms with Crippen LogP contribution in [0.4, 0.5) is 0 Å². The van der Waals surface area contributed by atoms with Gasteiger partial charge in [-0.05, 0) is 30.0 Å². The van der Waals surface area contributed by atoms with Crippen LogP contribution in [-0.2, 0) is 0 Å². The fourth-order valence-corrected chi connectivity index (χ4v) is 2.32. The monoisotopic (exact) mass is 264 g/mol. The molecule has 2 rings (SSSR count). The minimum atomic E-state index is -1.12. The number of hydrogen-bond acceptors (Lipinski definition) is 4. The van der Waals surface area contributed by atoms with E-state index < -0.39 is 5.41 Å².